The third-order valence-electron chi connectivity index (χ3n) is 5.35. The van der Waals surface area contributed by atoms with Crippen LogP contribution in [0, 0.1) is 12.8 Å². The highest BCUT2D eigenvalue weighted by molar-refractivity contribution is 5.81. The summed E-state index contributed by atoms with van der Waals surface area (Å²) in [6, 6.07) is 8.31. The highest BCUT2D eigenvalue weighted by Crippen LogP contribution is 2.34. The molecule has 2 heterocycles. The van der Waals surface area contributed by atoms with Gasteiger partial charge in [-0.25, -0.2) is 4.79 Å². The number of benzene rings is 1. The van der Waals surface area contributed by atoms with Crippen molar-refractivity contribution in [3.05, 3.63) is 35.4 Å². The maximum absolute atomic E-state index is 13.0. The molecule has 3 amide bonds. The number of nitrogens with zero attached hydrogens (tertiary/aromatic N) is 2. The number of nitrogens with one attached hydrogen (secondary N) is 1. The molecule has 6 nitrogen and oxygen atoms in total. The summed E-state index contributed by atoms with van der Waals surface area (Å²) < 4.78 is 5.36. The Labute approximate surface area is 161 Å². The lowest BCUT2D eigenvalue weighted by atomic mass is 9.87. The van der Waals surface area contributed by atoms with Crippen LogP contribution >= 0.6 is 0 Å². The second-order valence-electron chi connectivity index (χ2n) is 7.90. The molecule has 0 saturated carbocycles. The van der Waals surface area contributed by atoms with Crippen LogP contribution in [0.3, 0.4) is 0 Å². The molecule has 0 aromatic heterocycles. The van der Waals surface area contributed by atoms with E-state index in [-0.39, 0.29) is 29.9 Å². The van der Waals surface area contributed by atoms with Gasteiger partial charge in [0.05, 0.1) is 25.2 Å². The average Bonchev–Trinajstić information content (AvgIpc) is 2.67. The Bertz CT molecular complexity index is 670. The molecule has 0 spiro atoms. The van der Waals surface area contributed by atoms with Gasteiger partial charge >= 0.3 is 6.03 Å². The largest absolute Gasteiger partial charge is 0.378 e. The lowest BCUT2D eigenvalue weighted by Crippen LogP contribution is -2.53. The first kappa shape index (κ1) is 19.7. The summed E-state index contributed by atoms with van der Waals surface area (Å²) in [4.78, 5) is 29.6. The molecule has 1 N–H and O–H groups in total. The standard InChI is InChI=1S/C21H31N3O3/c1-15(2)22-21(26)24-14-18(20(25)23-9-11-27-12-10-23)7-8-19(24)17-6-4-5-16(3)13-17/h4-6,13,15,18-19H,7-12,14H2,1-3H3,(H,22,26)/t18-,19+/m0/s1. The van der Waals surface area contributed by atoms with E-state index in [1.54, 1.807) is 0 Å². The molecule has 0 bridgehead atoms. The van der Waals surface area contributed by atoms with Crippen LogP contribution in [0.1, 0.15) is 43.9 Å². The van der Waals surface area contributed by atoms with Crippen LogP contribution in [0.4, 0.5) is 4.79 Å². The molecule has 2 atom stereocenters. The molecule has 2 saturated heterocycles. The Morgan fingerprint density at radius 3 is 2.59 bits per heavy atom. The van der Waals surface area contributed by atoms with Crippen molar-refractivity contribution in [3.8, 4) is 0 Å². The van der Waals surface area contributed by atoms with Gasteiger partial charge in [0.25, 0.3) is 0 Å². The maximum Gasteiger partial charge on any atom is 0.318 e. The number of amides is 3. The van der Waals surface area contributed by atoms with E-state index in [0.717, 1.165) is 18.4 Å². The fourth-order valence-corrected chi connectivity index (χ4v) is 3.99. The number of piperidine rings is 1. The molecule has 27 heavy (non-hydrogen) atoms. The first-order valence-corrected chi connectivity index (χ1v) is 9.96. The zero-order valence-electron chi connectivity index (χ0n) is 16.6. The lowest BCUT2D eigenvalue weighted by molar-refractivity contribution is -0.141. The van der Waals surface area contributed by atoms with E-state index < -0.39 is 0 Å². The quantitative estimate of drug-likeness (QED) is 0.886. The molecule has 0 unspecified atom stereocenters. The number of hydrogen-bond donors (Lipinski definition) is 1. The van der Waals surface area contributed by atoms with E-state index in [2.05, 4.69) is 30.4 Å². The van der Waals surface area contributed by atoms with Gasteiger partial charge in [-0.3, -0.25) is 4.79 Å². The lowest BCUT2D eigenvalue weighted by Gasteiger charge is -2.41. The van der Waals surface area contributed by atoms with Crippen molar-refractivity contribution in [2.24, 2.45) is 5.92 Å². The van der Waals surface area contributed by atoms with E-state index in [1.165, 1.54) is 5.56 Å². The summed E-state index contributed by atoms with van der Waals surface area (Å²) in [5, 5.41) is 3.01. The van der Waals surface area contributed by atoms with E-state index in [4.69, 9.17) is 4.74 Å². The number of rotatable bonds is 3. The summed E-state index contributed by atoms with van der Waals surface area (Å²) >= 11 is 0. The van der Waals surface area contributed by atoms with Gasteiger partial charge in [-0.2, -0.15) is 0 Å². The number of likely N-dealkylation sites (tertiary alicyclic amines) is 1. The Morgan fingerprint density at radius 2 is 1.93 bits per heavy atom. The topological polar surface area (TPSA) is 61.9 Å². The number of hydrogen-bond acceptors (Lipinski definition) is 3. The van der Waals surface area contributed by atoms with Crippen molar-refractivity contribution in [2.75, 3.05) is 32.8 Å². The van der Waals surface area contributed by atoms with Gasteiger partial charge in [0.2, 0.25) is 5.91 Å². The van der Waals surface area contributed by atoms with E-state index in [1.807, 2.05) is 29.7 Å². The number of aryl methyl sites for hydroxylation is 1. The second-order valence-corrected chi connectivity index (χ2v) is 7.90. The van der Waals surface area contributed by atoms with Crippen LogP contribution < -0.4 is 5.32 Å². The number of carbonyl (C=O) groups excluding carboxylic acids is 2. The van der Waals surface area contributed by atoms with Crippen LogP contribution in [-0.2, 0) is 9.53 Å². The van der Waals surface area contributed by atoms with E-state index in [9.17, 15) is 9.59 Å². The van der Waals surface area contributed by atoms with E-state index >= 15 is 0 Å². The van der Waals surface area contributed by atoms with E-state index in [0.29, 0.717) is 32.8 Å². The highest BCUT2D eigenvalue weighted by Gasteiger charge is 2.37. The van der Waals surface area contributed by atoms with Crippen molar-refractivity contribution < 1.29 is 14.3 Å². The first-order valence-electron chi connectivity index (χ1n) is 9.96. The fourth-order valence-electron chi connectivity index (χ4n) is 3.99. The van der Waals surface area contributed by atoms with Crippen LogP contribution in [-0.4, -0.2) is 60.6 Å². The fraction of sp³-hybridized carbons (Fsp3) is 0.619. The van der Waals surface area contributed by atoms with Crippen LogP contribution in [0.25, 0.3) is 0 Å². The summed E-state index contributed by atoms with van der Waals surface area (Å²) in [5.41, 5.74) is 2.33. The SMILES string of the molecule is Cc1cccc([C@H]2CC[C@H](C(=O)N3CCOCC3)CN2C(=O)NC(C)C)c1. The Hall–Kier alpha value is -2.08. The third kappa shape index (κ3) is 4.80. The summed E-state index contributed by atoms with van der Waals surface area (Å²) in [6.45, 7) is 8.94. The molecule has 1 aromatic rings. The minimum absolute atomic E-state index is 0.0115. The van der Waals surface area contributed by atoms with Crippen LogP contribution in [0.5, 0.6) is 0 Å². The molecular weight excluding hydrogens is 342 g/mol. The molecule has 148 valence electrons. The molecule has 6 heteroatoms. The Kier molecular flexibility index (Phi) is 6.37. The van der Waals surface area contributed by atoms with Gasteiger partial charge in [0.1, 0.15) is 0 Å². The van der Waals surface area contributed by atoms with Crippen molar-refractivity contribution >= 4 is 11.9 Å². The predicted molar refractivity (Wildman–Crippen MR) is 104 cm³/mol. The van der Waals surface area contributed by atoms with Crippen molar-refractivity contribution in [1.82, 2.24) is 15.1 Å². The Balaban J connectivity index is 1.78. The van der Waals surface area contributed by atoms with Crippen LogP contribution in [0.15, 0.2) is 24.3 Å². The first-order chi connectivity index (χ1) is 13.0. The number of morpholine rings is 1. The summed E-state index contributed by atoms with van der Waals surface area (Å²) in [6.07, 6.45) is 1.61. The summed E-state index contributed by atoms with van der Waals surface area (Å²) in [5.74, 6) is 0.0189. The molecule has 1 aromatic carbocycles. The second kappa shape index (κ2) is 8.74. The Morgan fingerprint density at radius 1 is 1.19 bits per heavy atom. The van der Waals surface area contributed by atoms with Crippen molar-refractivity contribution in [2.45, 2.75) is 45.7 Å². The van der Waals surface area contributed by atoms with Gasteiger partial charge < -0.3 is 19.9 Å². The van der Waals surface area contributed by atoms with Gasteiger partial charge in [0.15, 0.2) is 0 Å². The molecule has 0 radical (unpaired) electrons. The molecule has 2 aliphatic rings. The molecule has 3 rings (SSSR count). The molecule has 2 fully saturated rings. The normalized spacial score (nSPS) is 23.4. The smallest absolute Gasteiger partial charge is 0.318 e. The van der Waals surface area contributed by atoms with Crippen LogP contribution in [0.2, 0.25) is 0 Å². The third-order valence-corrected chi connectivity index (χ3v) is 5.35. The zero-order valence-corrected chi connectivity index (χ0v) is 16.6. The van der Waals surface area contributed by atoms with Gasteiger partial charge in [0, 0.05) is 25.7 Å². The minimum atomic E-state index is -0.137. The number of ether oxygens (including phenoxy) is 1. The number of urea groups is 1. The van der Waals surface area contributed by atoms with Gasteiger partial charge in [-0.1, -0.05) is 29.8 Å². The number of carbonyl (C=O) groups is 2. The molecular formula is C21H31N3O3. The predicted octanol–water partition coefficient (Wildman–Crippen LogP) is 2.72. The van der Waals surface area contributed by atoms with Gasteiger partial charge in [-0.15, -0.1) is 0 Å². The summed E-state index contributed by atoms with van der Waals surface area (Å²) in [7, 11) is 0. The van der Waals surface area contributed by atoms with Crippen molar-refractivity contribution in [1.29, 1.82) is 0 Å². The van der Waals surface area contributed by atoms with Gasteiger partial charge in [-0.05, 0) is 39.2 Å². The highest BCUT2D eigenvalue weighted by atomic mass is 16.5. The molecule has 2 aliphatic heterocycles. The zero-order chi connectivity index (χ0) is 19.4. The van der Waals surface area contributed by atoms with Crippen molar-refractivity contribution in [3.63, 3.8) is 0 Å². The monoisotopic (exact) mass is 373 g/mol. The maximum atomic E-state index is 13.0. The minimum Gasteiger partial charge on any atom is -0.378 e. The average molecular weight is 373 g/mol. The molecule has 0 aliphatic carbocycles.